The van der Waals surface area contributed by atoms with Crippen molar-refractivity contribution in [3.63, 3.8) is 0 Å². The highest BCUT2D eigenvalue weighted by Gasteiger charge is 2.63. The molecule has 1 aliphatic carbocycles. The van der Waals surface area contributed by atoms with Crippen molar-refractivity contribution in [2.75, 3.05) is 0 Å². The SMILES string of the molecule is CC(=O)O[C@@H]1[C@H](OC(C)=O)[C@H](OC(C)=O)[C@@H]2OC(C)(C)O[C@@H]2[C@@H]1OC(C)=O. The van der Waals surface area contributed by atoms with Gasteiger partial charge in [-0.3, -0.25) is 19.2 Å². The monoisotopic (exact) mass is 388 g/mol. The number of fused-ring (bicyclic) bond motifs is 1. The zero-order chi connectivity index (χ0) is 20.5. The lowest BCUT2D eigenvalue weighted by Crippen LogP contribution is -2.66. The minimum absolute atomic E-state index is 0.656. The van der Waals surface area contributed by atoms with Crippen molar-refractivity contribution in [2.24, 2.45) is 0 Å². The Morgan fingerprint density at radius 3 is 1.11 bits per heavy atom. The molecule has 10 heteroatoms. The normalized spacial score (nSPS) is 34.1. The third-order valence-corrected chi connectivity index (χ3v) is 3.99. The summed E-state index contributed by atoms with van der Waals surface area (Å²) in [5.41, 5.74) is 0. The van der Waals surface area contributed by atoms with E-state index in [0.717, 1.165) is 13.8 Å². The van der Waals surface area contributed by atoms with Crippen LogP contribution in [0.15, 0.2) is 0 Å². The van der Waals surface area contributed by atoms with E-state index in [1.54, 1.807) is 13.8 Å². The van der Waals surface area contributed by atoms with Crippen molar-refractivity contribution >= 4 is 23.9 Å². The van der Waals surface area contributed by atoms with Crippen molar-refractivity contribution in [3.05, 3.63) is 0 Å². The van der Waals surface area contributed by atoms with Gasteiger partial charge < -0.3 is 28.4 Å². The number of carbonyl (C=O) groups is 4. The van der Waals surface area contributed by atoms with E-state index in [2.05, 4.69) is 0 Å². The first kappa shape index (κ1) is 21.1. The first-order valence-corrected chi connectivity index (χ1v) is 8.46. The quantitative estimate of drug-likeness (QED) is 0.489. The van der Waals surface area contributed by atoms with Gasteiger partial charge in [0.1, 0.15) is 12.2 Å². The van der Waals surface area contributed by atoms with Crippen molar-refractivity contribution in [1.82, 2.24) is 0 Å². The molecule has 0 aromatic carbocycles. The van der Waals surface area contributed by atoms with E-state index < -0.39 is 66.3 Å². The number of hydrogen-bond donors (Lipinski definition) is 0. The molecule has 0 unspecified atom stereocenters. The molecule has 6 atom stereocenters. The standard InChI is InChI=1S/C17H24O10/c1-7(18)22-11-12(23-8(2)19)14(25-10(4)21)16-15(13(11)24-9(3)20)26-17(5,6)27-16/h11-16H,1-6H3/t11-,12+,13-,14+,15-,16+. The Kier molecular flexibility index (Phi) is 6.10. The van der Waals surface area contributed by atoms with Crippen LogP contribution in [0.1, 0.15) is 41.5 Å². The maximum absolute atomic E-state index is 11.6. The summed E-state index contributed by atoms with van der Waals surface area (Å²) >= 11 is 0. The summed E-state index contributed by atoms with van der Waals surface area (Å²) in [4.78, 5) is 46.5. The fourth-order valence-corrected chi connectivity index (χ4v) is 3.38. The molecule has 1 saturated heterocycles. The number of esters is 4. The predicted octanol–water partition coefficient (Wildman–Crippen LogP) is 0.247. The van der Waals surface area contributed by atoms with E-state index in [1.807, 2.05) is 0 Å². The lowest BCUT2D eigenvalue weighted by atomic mass is 9.84. The zero-order valence-electron chi connectivity index (χ0n) is 16.0. The molecule has 27 heavy (non-hydrogen) atoms. The largest absolute Gasteiger partial charge is 0.456 e. The van der Waals surface area contributed by atoms with Crippen LogP contribution in [0.5, 0.6) is 0 Å². The molecule has 1 saturated carbocycles. The number of ether oxygens (including phenoxy) is 6. The van der Waals surface area contributed by atoms with Gasteiger partial charge in [-0.2, -0.15) is 0 Å². The number of rotatable bonds is 4. The highest BCUT2D eigenvalue weighted by Crippen LogP contribution is 2.41. The molecule has 0 amide bonds. The predicted molar refractivity (Wildman–Crippen MR) is 86.0 cm³/mol. The maximum Gasteiger partial charge on any atom is 0.303 e. The van der Waals surface area contributed by atoms with Gasteiger partial charge in [-0.05, 0) is 13.8 Å². The van der Waals surface area contributed by atoms with Gasteiger partial charge in [0, 0.05) is 27.7 Å². The smallest absolute Gasteiger partial charge is 0.303 e. The first-order chi connectivity index (χ1) is 12.4. The minimum atomic E-state index is -1.25. The van der Waals surface area contributed by atoms with Gasteiger partial charge in [-0.1, -0.05) is 0 Å². The molecule has 152 valence electrons. The van der Waals surface area contributed by atoms with E-state index >= 15 is 0 Å². The molecular weight excluding hydrogens is 364 g/mol. The molecule has 0 aromatic heterocycles. The topological polar surface area (TPSA) is 124 Å². The van der Waals surface area contributed by atoms with Crippen LogP contribution in [-0.4, -0.2) is 66.3 Å². The van der Waals surface area contributed by atoms with E-state index in [1.165, 1.54) is 13.8 Å². The Morgan fingerprint density at radius 2 is 0.852 bits per heavy atom. The fourth-order valence-electron chi connectivity index (χ4n) is 3.38. The summed E-state index contributed by atoms with van der Waals surface area (Å²) in [6.45, 7) is 7.92. The number of hydrogen-bond acceptors (Lipinski definition) is 10. The van der Waals surface area contributed by atoms with Crippen LogP contribution < -0.4 is 0 Å². The van der Waals surface area contributed by atoms with Crippen molar-refractivity contribution in [2.45, 2.75) is 84.0 Å². The summed E-state index contributed by atoms with van der Waals surface area (Å²) in [5, 5.41) is 0. The van der Waals surface area contributed by atoms with Crippen LogP contribution in [-0.2, 0) is 47.6 Å². The average molecular weight is 388 g/mol. The molecule has 0 bridgehead atoms. The fraction of sp³-hybridized carbons (Fsp3) is 0.765. The zero-order valence-corrected chi connectivity index (χ0v) is 16.0. The first-order valence-electron chi connectivity index (χ1n) is 8.46. The van der Waals surface area contributed by atoms with Crippen LogP contribution in [0.25, 0.3) is 0 Å². The summed E-state index contributed by atoms with van der Waals surface area (Å²) in [6.07, 6.45) is -6.59. The Hall–Kier alpha value is -2.20. The van der Waals surface area contributed by atoms with E-state index in [9.17, 15) is 19.2 Å². The van der Waals surface area contributed by atoms with Crippen molar-refractivity contribution in [3.8, 4) is 0 Å². The molecule has 2 fully saturated rings. The van der Waals surface area contributed by atoms with Gasteiger partial charge in [0.15, 0.2) is 30.2 Å². The van der Waals surface area contributed by atoms with E-state index in [-0.39, 0.29) is 0 Å². The average Bonchev–Trinajstić information content (AvgIpc) is 2.80. The van der Waals surface area contributed by atoms with Crippen LogP contribution in [0.2, 0.25) is 0 Å². The Bertz CT molecular complexity index is 575. The Balaban J connectivity index is 2.52. The number of carbonyl (C=O) groups excluding carboxylic acids is 4. The van der Waals surface area contributed by atoms with E-state index in [0.29, 0.717) is 0 Å². The second-order valence-corrected chi connectivity index (χ2v) is 6.86. The van der Waals surface area contributed by atoms with Gasteiger partial charge in [0.05, 0.1) is 0 Å². The van der Waals surface area contributed by atoms with Crippen LogP contribution >= 0.6 is 0 Å². The molecule has 1 heterocycles. The van der Waals surface area contributed by atoms with Crippen molar-refractivity contribution in [1.29, 1.82) is 0 Å². The van der Waals surface area contributed by atoms with E-state index in [4.69, 9.17) is 28.4 Å². The van der Waals surface area contributed by atoms with Gasteiger partial charge in [-0.15, -0.1) is 0 Å². The van der Waals surface area contributed by atoms with Crippen LogP contribution in [0.4, 0.5) is 0 Å². The Morgan fingerprint density at radius 1 is 0.593 bits per heavy atom. The van der Waals surface area contributed by atoms with Crippen molar-refractivity contribution < 1.29 is 47.6 Å². The second-order valence-electron chi connectivity index (χ2n) is 6.86. The highest BCUT2D eigenvalue weighted by atomic mass is 16.8. The lowest BCUT2D eigenvalue weighted by molar-refractivity contribution is -0.234. The van der Waals surface area contributed by atoms with Gasteiger partial charge >= 0.3 is 23.9 Å². The summed E-state index contributed by atoms with van der Waals surface area (Å²) in [6, 6.07) is 0. The van der Waals surface area contributed by atoms with Crippen LogP contribution in [0, 0.1) is 0 Å². The third-order valence-electron chi connectivity index (χ3n) is 3.99. The highest BCUT2D eigenvalue weighted by molar-refractivity contribution is 5.69. The molecule has 1 aliphatic heterocycles. The third kappa shape index (κ3) is 4.95. The molecule has 2 rings (SSSR count). The Labute approximate surface area is 156 Å². The molecular formula is C17H24O10. The van der Waals surface area contributed by atoms with Gasteiger partial charge in [0.25, 0.3) is 0 Å². The maximum atomic E-state index is 11.6. The molecule has 0 N–H and O–H groups in total. The summed E-state index contributed by atoms with van der Waals surface area (Å²) < 4.78 is 32.9. The lowest BCUT2D eigenvalue weighted by Gasteiger charge is -2.44. The van der Waals surface area contributed by atoms with Gasteiger partial charge in [0.2, 0.25) is 0 Å². The molecule has 0 spiro atoms. The molecule has 2 aliphatic rings. The summed E-state index contributed by atoms with van der Waals surface area (Å²) in [7, 11) is 0. The second kappa shape index (κ2) is 7.81. The van der Waals surface area contributed by atoms with Gasteiger partial charge in [-0.25, -0.2) is 0 Å². The molecule has 10 nitrogen and oxygen atoms in total. The molecule has 0 radical (unpaired) electrons. The van der Waals surface area contributed by atoms with Crippen LogP contribution in [0.3, 0.4) is 0 Å². The summed E-state index contributed by atoms with van der Waals surface area (Å²) in [5.74, 6) is -3.81. The molecule has 0 aromatic rings. The minimum Gasteiger partial charge on any atom is -0.456 e.